The smallest absolute Gasteiger partial charge is 0.407 e. The Morgan fingerprint density at radius 1 is 1.13 bits per heavy atom. The fourth-order valence-corrected chi connectivity index (χ4v) is 3.05. The average Bonchev–Trinajstić information content (AvgIpc) is 2.98. The van der Waals surface area contributed by atoms with Crippen molar-refractivity contribution in [3.8, 4) is 0 Å². The Balaban J connectivity index is 0.00000450. The predicted molar refractivity (Wildman–Crippen MR) is 128 cm³/mol. The Labute approximate surface area is 195 Å². The van der Waals surface area contributed by atoms with E-state index in [4.69, 9.17) is 4.74 Å². The van der Waals surface area contributed by atoms with Crippen molar-refractivity contribution >= 4 is 36.0 Å². The number of hydrogen-bond acceptors (Lipinski definition) is 5. The van der Waals surface area contributed by atoms with E-state index >= 15 is 0 Å². The first kappa shape index (κ1) is 26.2. The zero-order valence-corrected chi connectivity index (χ0v) is 20.8. The van der Waals surface area contributed by atoms with Crippen molar-refractivity contribution in [2.45, 2.75) is 71.6 Å². The highest BCUT2D eigenvalue weighted by Crippen LogP contribution is 2.09. The molecule has 0 radical (unpaired) electrons. The molecule has 30 heavy (non-hydrogen) atoms. The van der Waals surface area contributed by atoms with Crippen molar-refractivity contribution in [2.24, 2.45) is 4.99 Å². The number of aliphatic imine (C=N–C) groups is 1. The number of nitrogens with one attached hydrogen (secondary N) is 3. The average molecular weight is 537 g/mol. The molecule has 11 heteroatoms. The van der Waals surface area contributed by atoms with Gasteiger partial charge in [0.1, 0.15) is 11.4 Å². The van der Waals surface area contributed by atoms with Gasteiger partial charge in [0.2, 0.25) is 0 Å². The van der Waals surface area contributed by atoms with Gasteiger partial charge < -0.3 is 20.7 Å². The highest BCUT2D eigenvalue weighted by molar-refractivity contribution is 14.0. The molecule has 3 N–H and O–H groups in total. The summed E-state index contributed by atoms with van der Waals surface area (Å²) in [5.41, 5.74) is -0.491. The van der Waals surface area contributed by atoms with Gasteiger partial charge in [0.25, 0.3) is 0 Å². The van der Waals surface area contributed by atoms with E-state index in [-0.39, 0.29) is 29.7 Å². The maximum Gasteiger partial charge on any atom is 0.407 e. The summed E-state index contributed by atoms with van der Waals surface area (Å²) < 4.78 is 8.55. The Hall–Kier alpha value is -1.79. The first-order valence-corrected chi connectivity index (χ1v) is 10.4. The van der Waals surface area contributed by atoms with Crippen LogP contribution in [0.15, 0.2) is 9.79 Å². The van der Waals surface area contributed by atoms with Crippen LogP contribution in [0.5, 0.6) is 0 Å². The molecule has 1 aliphatic heterocycles. The van der Waals surface area contributed by atoms with E-state index in [1.54, 1.807) is 16.3 Å². The molecule has 1 aromatic heterocycles. The van der Waals surface area contributed by atoms with Crippen LogP contribution in [0.3, 0.4) is 0 Å². The largest absolute Gasteiger partial charge is 0.444 e. The lowest BCUT2D eigenvalue weighted by molar-refractivity contribution is 0.0527. The molecule has 0 spiro atoms. The van der Waals surface area contributed by atoms with Crippen LogP contribution in [0.2, 0.25) is 0 Å². The fourth-order valence-electron chi connectivity index (χ4n) is 3.05. The van der Waals surface area contributed by atoms with Crippen LogP contribution < -0.4 is 21.6 Å². The van der Waals surface area contributed by atoms with Crippen molar-refractivity contribution in [3.05, 3.63) is 16.3 Å². The van der Waals surface area contributed by atoms with Gasteiger partial charge in [-0.3, -0.25) is 9.56 Å². The number of halogens is 1. The molecule has 0 saturated heterocycles. The Kier molecular flexibility index (Phi) is 11.2. The number of aromatic nitrogens is 3. The SMILES string of the molecule is CN=C(NCCCNC(=O)OC(C)(C)C)NCCCn1nc2n(c1=O)CCCC2.I. The summed E-state index contributed by atoms with van der Waals surface area (Å²) >= 11 is 0. The van der Waals surface area contributed by atoms with E-state index < -0.39 is 11.7 Å². The summed E-state index contributed by atoms with van der Waals surface area (Å²) in [5, 5.41) is 13.6. The van der Waals surface area contributed by atoms with Crippen LogP contribution in [0, 0.1) is 0 Å². The number of hydrogen-bond donors (Lipinski definition) is 3. The van der Waals surface area contributed by atoms with Crippen molar-refractivity contribution in [2.75, 3.05) is 26.7 Å². The third-order valence-electron chi connectivity index (χ3n) is 4.41. The lowest BCUT2D eigenvalue weighted by Gasteiger charge is -2.19. The summed E-state index contributed by atoms with van der Waals surface area (Å²) in [6.07, 6.45) is 4.16. The van der Waals surface area contributed by atoms with Crippen molar-refractivity contribution in [3.63, 3.8) is 0 Å². The quantitative estimate of drug-likeness (QED) is 0.200. The maximum absolute atomic E-state index is 12.3. The maximum atomic E-state index is 12.3. The number of nitrogens with zero attached hydrogens (tertiary/aromatic N) is 4. The molecule has 0 aliphatic carbocycles. The Morgan fingerprint density at radius 3 is 2.43 bits per heavy atom. The van der Waals surface area contributed by atoms with Gasteiger partial charge in [-0.15, -0.1) is 24.0 Å². The van der Waals surface area contributed by atoms with E-state index in [0.29, 0.717) is 32.1 Å². The minimum absolute atomic E-state index is 0. The van der Waals surface area contributed by atoms with Crippen LogP contribution in [-0.2, 0) is 24.2 Å². The van der Waals surface area contributed by atoms with E-state index in [1.807, 2.05) is 20.8 Å². The van der Waals surface area contributed by atoms with Gasteiger partial charge in [-0.1, -0.05) is 0 Å². The molecule has 0 unspecified atom stereocenters. The Morgan fingerprint density at radius 2 is 1.80 bits per heavy atom. The number of carbonyl (C=O) groups excluding carboxylic acids is 1. The van der Waals surface area contributed by atoms with Crippen LogP contribution in [0.4, 0.5) is 4.79 Å². The minimum atomic E-state index is -0.491. The van der Waals surface area contributed by atoms with Crippen LogP contribution in [0.1, 0.15) is 52.3 Å². The molecule has 0 atom stereocenters. The number of fused-ring (bicyclic) bond motifs is 1. The van der Waals surface area contributed by atoms with Crippen molar-refractivity contribution in [1.29, 1.82) is 0 Å². The fraction of sp³-hybridized carbons (Fsp3) is 0.789. The number of alkyl carbamates (subject to hydrolysis) is 1. The van der Waals surface area contributed by atoms with Crippen molar-refractivity contribution in [1.82, 2.24) is 30.3 Å². The zero-order valence-electron chi connectivity index (χ0n) is 18.5. The molecule has 10 nitrogen and oxygen atoms in total. The van der Waals surface area contributed by atoms with E-state index in [9.17, 15) is 9.59 Å². The summed E-state index contributed by atoms with van der Waals surface area (Å²) in [4.78, 5) is 28.0. The molecule has 0 saturated carbocycles. The number of guanidine groups is 1. The molecule has 0 fully saturated rings. The molecule has 2 rings (SSSR count). The highest BCUT2D eigenvalue weighted by atomic mass is 127. The molecule has 0 bridgehead atoms. The highest BCUT2D eigenvalue weighted by Gasteiger charge is 2.16. The summed E-state index contributed by atoms with van der Waals surface area (Å²) in [6, 6.07) is 0. The van der Waals surface area contributed by atoms with Gasteiger partial charge in [0.05, 0.1) is 0 Å². The first-order chi connectivity index (χ1) is 13.8. The second-order valence-electron chi connectivity index (χ2n) is 8.09. The lowest BCUT2D eigenvalue weighted by Crippen LogP contribution is -2.40. The van der Waals surface area contributed by atoms with Gasteiger partial charge in [0, 0.05) is 46.2 Å². The normalized spacial score (nSPS) is 13.8. The molecule has 1 aromatic rings. The number of aryl methyl sites for hydroxylation is 2. The van der Waals surface area contributed by atoms with E-state index in [1.165, 1.54) is 0 Å². The molecular weight excluding hydrogens is 501 g/mol. The standard InChI is InChI=1S/C19H35N7O3.HI/c1-19(2,3)29-17(27)23-11-7-10-21-16(20-4)22-12-8-14-26-18(28)25-13-6-5-9-15(25)24-26;/h5-14H2,1-4H3,(H,23,27)(H2,20,21,22);1H. The van der Waals surface area contributed by atoms with E-state index in [2.05, 4.69) is 26.0 Å². The second-order valence-corrected chi connectivity index (χ2v) is 8.09. The number of amides is 1. The van der Waals surface area contributed by atoms with Gasteiger partial charge in [0.15, 0.2) is 5.96 Å². The zero-order chi connectivity index (χ0) is 21.3. The van der Waals surface area contributed by atoms with Gasteiger partial charge in [-0.25, -0.2) is 14.3 Å². The minimum Gasteiger partial charge on any atom is -0.444 e. The lowest BCUT2D eigenvalue weighted by atomic mass is 10.2. The molecule has 2 heterocycles. The van der Waals surface area contributed by atoms with E-state index in [0.717, 1.165) is 44.5 Å². The molecule has 172 valence electrons. The van der Waals surface area contributed by atoms with Gasteiger partial charge in [-0.05, 0) is 46.5 Å². The topological polar surface area (TPSA) is 115 Å². The molecule has 0 aromatic carbocycles. The number of ether oxygens (including phenoxy) is 1. The number of carbonyl (C=O) groups is 1. The van der Waals surface area contributed by atoms with Crippen molar-refractivity contribution < 1.29 is 9.53 Å². The first-order valence-electron chi connectivity index (χ1n) is 10.4. The Bertz CT molecular complexity index is 752. The third-order valence-corrected chi connectivity index (χ3v) is 4.41. The predicted octanol–water partition coefficient (Wildman–Crippen LogP) is 1.47. The monoisotopic (exact) mass is 537 g/mol. The molecular formula is C19H36IN7O3. The van der Waals surface area contributed by atoms with Crippen LogP contribution >= 0.6 is 24.0 Å². The second kappa shape index (κ2) is 12.8. The third kappa shape index (κ3) is 8.92. The summed E-state index contributed by atoms with van der Waals surface area (Å²) in [6.45, 7) is 8.75. The molecule has 1 amide bonds. The molecule has 1 aliphatic rings. The van der Waals surface area contributed by atoms with Crippen LogP contribution in [0.25, 0.3) is 0 Å². The van der Waals surface area contributed by atoms with Gasteiger partial charge >= 0.3 is 11.8 Å². The van der Waals surface area contributed by atoms with Crippen LogP contribution in [-0.4, -0.2) is 58.7 Å². The van der Waals surface area contributed by atoms with Gasteiger partial charge in [-0.2, -0.15) is 5.10 Å². The number of rotatable bonds is 8. The summed E-state index contributed by atoms with van der Waals surface area (Å²) in [5.74, 6) is 1.60. The summed E-state index contributed by atoms with van der Waals surface area (Å²) in [7, 11) is 1.71.